The number of carbonyl (C=O) groups excluding carboxylic acids is 1. The van der Waals surface area contributed by atoms with Crippen LogP contribution in [0.3, 0.4) is 0 Å². The van der Waals surface area contributed by atoms with Crippen LogP contribution in [0.15, 0.2) is 6.07 Å². The third-order valence-corrected chi connectivity index (χ3v) is 1.72. The first-order valence-corrected chi connectivity index (χ1v) is 4.95. The maximum atomic E-state index is 11.4. The molecule has 1 aromatic rings. The molecule has 1 heterocycles. The van der Waals surface area contributed by atoms with Gasteiger partial charge in [0.2, 0.25) is 0 Å². The fraction of sp³-hybridized carbons (Fsp3) is 0.600. The highest BCUT2D eigenvalue weighted by molar-refractivity contribution is 5.83. The lowest BCUT2D eigenvalue weighted by atomic mass is 10.2. The number of anilines is 1. The van der Waals surface area contributed by atoms with Crippen LogP contribution in [0.1, 0.15) is 26.5 Å². The van der Waals surface area contributed by atoms with Crippen molar-refractivity contribution in [2.75, 3.05) is 5.32 Å². The van der Waals surface area contributed by atoms with E-state index in [-0.39, 0.29) is 6.61 Å². The number of ether oxygens (including phenoxy) is 1. The van der Waals surface area contributed by atoms with Crippen molar-refractivity contribution in [3.63, 3.8) is 0 Å². The minimum Gasteiger partial charge on any atom is -0.444 e. The second kappa shape index (κ2) is 4.52. The zero-order chi connectivity index (χ0) is 12.3. The summed E-state index contributed by atoms with van der Waals surface area (Å²) in [4.78, 5) is 11.4. The lowest BCUT2D eigenvalue weighted by Gasteiger charge is -2.19. The summed E-state index contributed by atoms with van der Waals surface area (Å²) < 4.78 is 6.55. The number of hydrogen-bond acceptors (Lipinski definition) is 4. The predicted molar refractivity (Wildman–Crippen MR) is 59.0 cm³/mol. The normalized spacial score (nSPS) is 11.3. The van der Waals surface area contributed by atoms with Crippen LogP contribution in [0.25, 0.3) is 0 Å². The van der Waals surface area contributed by atoms with Crippen molar-refractivity contribution in [1.29, 1.82) is 0 Å². The summed E-state index contributed by atoms with van der Waals surface area (Å²) in [6.45, 7) is 5.20. The molecule has 0 aromatic carbocycles. The molecule has 0 bridgehead atoms. The van der Waals surface area contributed by atoms with Gasteiger partial charge in [0.05, 0.1) is 12.3 Å². The van der Waals surface area contributed by atoms with Crippen LogP contribution in [-0.4, -0.2) is 26.6 Å². The molecule has 16 heavy (non-hydrogen) atoms. The molecule has 0 atom stereocenters. The zero-order valence-electron chi connectivity index (χ0n) is 9.94. The molecule has 0 aliphatic carbocycles. The largest absolute Gasteiger partial charge is 0.444 e. The molecule has 6 nitrogen and oxygen atoms in total. The van der Waals surface area contributed by atoms with Gasteiger partial charge in [-0.25, -0.2) is 4.79 Å². The molecule has 1 amide bonds. The molecule has 0 radical (unpaired) electrons. The lowest BCUT2D eigenvalue weighted by Crippen LogP contribution is -2.27. The van der Waals surface area contributed by atoms with E-state index in [1.165, 1.54) is 4.68 Å². The molecule has 2 N–H and O–H groups in total. The van der Waals surface area contributed by atoms with Gasteiger partial charge in [0.1, 0.15) is 11.4 Å². The first-order valence-electron chi connectivity index (χ1n) is 4.95. The zero-order valence-corrected chi connectivity index (χ0v) is 9.94. The van der Waals surface area contributed by atoms with Gasteiger partial charge in [-0.15, -0.1) is 0 Å². The number of aliphatic hydroxyl groups excluding tert-OH is 1. The van der Waals surface area contributed by atoms with Crippen molar-refractivity contribution in [2.24, 2.45) is 7.05 Å². The van der Waals surface area contributed by atoms with E-state index in [9.17, 15) is 4.79 Å². The van der Waals surface area contributed by atoms with Crippen molar-refractivity contribution >= 4 is 11.9 Å². The second-order valence-electron chi connectivity index (χ2n) is 4.43. The molecular formula is C10H17N3O3. The molecule has 1 rings (SSSR count). The fourth-order valence-corrected chi connectivity index (χ4v) is 1.13. The minimum absolute atomic E-state index is 0.163. The molecule has 0 aliphatic heterocycles. The highest BCUT2D eigenvalue weighted by Crippen LogP contribution is 2.12. The molecule has 0 aliphatic rings. The summed E-state index contributed by atoms with van der Waals surface area (Å²) in [7, 11) is 1.67. The van der Waals surface area contributed by atoms with Gasteiger partial charge in [-0.3, -0.25) is 10.00 Å². The van der Waals surface area contributed by atoms with Crippen LogP contribution in [0.5, 0.6) is 0 Å². The maximum Gasteiger partial charge on any atom is 0.413 e. The minimum atomic E-state index is -0.542. The van der Waals surface area contributed by atoms with Crippen molar-refractivity contribution < 1.29 is 14.6 Å². The Bertz CT molecular complexity index is 379. The topological polar surface area (TPSA) is 76.4 Å². The number of nitrogens with one attached hydrogen (secondary N) is 1. The molecule has 0 fully saturated rings. The van der Waals surface area contributed by atoms with Crippen LogP contribution in [-0.2, 0) is 18.4 Å². The third-order valence-electron chi connectivity index (χ3n) is 1.72. The first-order chi connectivity index (χ1) is 7.31. The highest BCUT2D eigenvalue weighted by Gasteiger charge is 2.17. The van der Waals surface area contributed by atoms with E-state index in [0.717, 1.165) is 0 Å². The number of carbonyl (C=O) groups is 1. The van der Waals surface area contributed by atoms with Crippen LogP contribution in [0.4, 0.5) is 10.6 Å². The summed E-state index contributed by atoms with van der Waals surface area (Å²) in [6.07, 6.45) is -0.542. The Balaban J connectivity index is 2.66. The average Bonchev–Trinajstić information content (AvgIpc) is 2.44. The number of aromatic nitrogens is 2. The number of aliphatic hydroxyl groups is 1. The van der Waals surface area contributed by atoms with Crippen molar-refractivity contribution in [3.8, 4) is 0 Å². The van der Waals surface area contributed by atoms with Crippen LogP contribution in [0.2, 0.25) is 0 Å². The summed E-state index contributed by atoms with van der Waals surface area (Å²) in [6, 6.07) is 1.59. The Kier molecular flexibility index (Phi) is 3.54. The molecule has 0 saturated carbocycles. The van der Waals surface area contributed by atoms with E-state index in [0.29, 0.717) is 11.5 Å². The van der Waals surface area contributed by atoms with E-state index in [2.05, 4.69) is 10.4 Å². The number of nitrogens with zero attached hydrogens (tertiary/aromatic N) is 2. The summed E-state index contributed by atoms with van der Waals surface area (Å²) in [5.74, 6) is 0.485. The van der Waals surface area contributed by atoms with Crippen LogP contribution < -0.4 is 5.32 Å². The lowest BCUT2D eigenvalue weighted by molar-refractivity contribution is 0.0634. The van der Waals surface area contributed by atoms with Crippen molar-refractivity contribution in [2.45, 2.75) is 33.0 Å². The molecule has 0 unspecified atom stereocenters. The number of rotatable bonds is 2. The molecule has 90 valence electrons. The van der Waals surface area contributed by atoms with E-state index < -0.39 is 11.7 Å². The monoisotopic (exact) mass is 227 g/mol. The van der Waals surface area contributed by atoms with E-state index in [1.807, 2.05) is 0 Å². The average molecular weight is 227 g/mol. The van der Waals surface area contributed by atoms with Gasteiger partial charge < -0.3 is 9.84 Å². The Morgan fingerprint density at radius 2 is 2.25 bits per heavy atom. The first kappa shape index (κ1) is 12.5. The Morgan fingerprint density at radius 1 is 1.62 bits per heavy atom. The quantitative estimate of drug-likeness (QED) is 0.797. The molecule has 0 spiro atoms. The smallest absolute Gasteiger partial charge is 0.413 e. The van der Waals surface area contributed by atoms with Gasteiger partial charge >= 0.3 is 6.09 Å². The maximum absolute atomic E-state index is 11.4. The third kappa shape index (κ3) is 3.54. The molecule has 6 heteroatoms. The Morgan fingerprint density at radius 3 is 2.69 bits per heavy atom. The van der Waals surface area contributed by atoms with Gasteiger partial charge in [0, 0.05) is 13.1 Å². The van der Waals surface area contributed by atoms with Crippen LogP contribution >= 0.6 is 0 Å². The summed E-state index contributed by atoms with van der Waals surface area (Å²) in [5.41, 5.74) is -0.0452. The highest BCUT2D eigenvalue weighted by atomic mass is 16.6. The van der Waals surface area contributed by atoms with Gasteiger partial charge in [-0.1, -0.05) is 0 Å². The molecule has 1 aromatic heterocycles. The van der Waals surface area contributed by atoms with Crippen LogP contribution in [0, 0.1) is 0 Å². The Labute approximate surface area is 94.2 Å². The van der Waals surface area contributed by atoms with E-state index in [4.69, 9.17) is 9.84 Å². The van der Waals surface area contributed by atoms with Gasteiger partial charge in [-0.2, -0.15) is 5.10 Å². The van der Waals surface area contributed by atoms with Gasteiger partial charge in [-0.05, 0) is 20.8 Å². The number of amides is 1. The van der Waals surface area contributed by atoms with E-state index >= 15 is 0 Å². The summed E-state index contributed by atoms with van der Waals surface area (Å²) >= 11 is 0. The SMILES string of the molecule is Cn1nc(CO)cc1NC(=O)OC(C)(C)C. The van der Waals surface area contributed by atoms with E-state index in [1.54, 1.807) is 33.9 Å². The number of aryl methyl sites for hydroxylation is 1. The van der Waals surface area contributed by atoms with Gasteiger partial charge in [0.15, 0.2) is 0 Å². The van der Waals surface area contributed by atoms with Crippen molar-refractivity contribution in [3.05, 3.63) is 11.8 Å². The summed E-state index contributed by atoms with van der Waals surface area (Å²) in [5, 5.41) is 15.4. The van der Waals surface area contributed by atoms with Gasteiger partial charge in [0.25, 0.3) is 0 Å². The molecule has 0 saturated heterocycles. The Hall–Kier alpha value is -1.56. The fourth-order valence-electron chi connectivity index (χ4n) is 1.13. The molecular weight excluding hydrogens is 210 g/mol. The second-order valence-corrected chi connectivity index (χ2v) is 4.43. The predicted octanol–water partition coefficient (Wildman–Crippen LogP) is 1.26. The van der Waals surface area contributed by atoms with Crippen molar-refractivity contribution in [1.82, 2.24) is 9.78 Å². The standard InChI is InChI=1S/C10H17N3O3/c1-10(2,3)16-9(15)11-8-5-7(6-14)12-13(8)4/h5,14H,6H2,1-4H3,(H,11,15). The number of hydrogen-bond donors (Lipinski definition) is 2.